The number of aliphatic imine (C=N–C) groups is 1. The third-order valence-electron chi connectivity index (χ3n) is 5.96. The molecule has 0 spiro atoms. The third kappa shape index (κ3) is 5.69. The van der Waals surface area contributed by atoms with E-state index < -0.39 is 0 Å². The predicted molar refractivity (Wildman–Crippen MR) is 146 cm³/mol. The van der Waals surface area contributed by atoms with Crippen LogP contribution in [0.2, 0.25) is 5.02 Å². The zero-order valence-electron chi connectivity index (χ0n) is 19.0. The van der Waals surface area contributed by atoms with Crippen molar-refractivity contribution in [2.24, 2.45) is 4.99 Å². The second kappa shape index (κ2) is 11.4. The summed E-state index contributed by atoms with van der Waals surface area (Å²) in [7, 11) is 0. The lowest BCUT2D eigenvalue weighted by Crippen LogP contribution is -1.87. The fourth-order valence-electron chi connectivity index (χ4n) is 4.06. The molecule has 0 aliphatic carbocycles. The average molecular weight is 486 g/mol. The lowest BCUT2D eigenvalue weighted by Gasteiger charge is -2.10. The van der Waals surface area contributed by atoms with E-state index in [1.54, 1.807) is 12.1 Å². The number of hydrogen-bond acceptors (Lipinski definition) is 2. The van der Waals surface area contributed by atoms with Gasteiger partial charge < -0.3 is 0 Å². The molecule has 0 atom stereocenters. The summed E-state index contributed by atoms with van der Waals surface area (Å²) in [5, 5.41) is 2.94. The molecule has 34 heavy (non-hydrogen) atoms. The second-order valence-corrected chi connectivity index (χ2v) is 8.88. The van der Waals surface area contributed by atoms with Gasteiger partial charge in [-0.3, -0.25) is 0 Å². The summed E-state index contributed by atoms with van der Waals surface area (Å²) in [6, 6.07) is 27.4. The number of halogens is 2. The maximum atomic E-state index is 14.5. The van der Waals surface area contributed by atoms with Crippen LogP contribution in [0.1, 0.15) is 31.7 Å². The highest BCUT2D eigenvalue weighted by Gasteiger charge is 2.09. The lowest BCUT2D eigenvalue weighted by atomic mass is 9.97. The van der Waals surface area contributed by atoms with E-state index in [4.69, 9.17) is 11.6 Å². The van der Waals surface area contributed by atoms with Crippen LogP contribution in [0.5, 0.6) is 0 Å². The van der Waals surface area contributed by atoms with Crippen molar-refractivity contribution in [3.05, 3.63) is 101 Å². The van der Waals surface area contributed by atoms with E-state index in [1.165, 1.54) is 30.9 Å². The Hall–Kier alpha value is -3.10. The van der Waals surface area contributed by atoms with Gasteiger partial charge in [0, 0.05) is 22.2 Å². The molecule has 170 valence electrons. The Kier molecular flexibility index (Phi) is 8.03. The summed E-state index contributed by atoms with van der Waals surface area (Å²) in [6.45, 7) is 2.22. The summed E-state index contributed by atoms with van der Waals surface area (Å²) in [4.78, 5) is 3.82. The standard InChI is InChI=1S/C30H25ClFNS/c1-2-3-4-5-21-6-8-22(9-7-21)25-14-16-27(29(31)18-25)23-10-12-24(13-11-23)28-17-15-26(33-20-34)19-30(28)32/h6-19H,2-5H2,1H3. The Balaban J connectivity index is 1.52. The molecule has 0 radical (unpaired) electrons. The highest BCUT2D eigenvalue weighted by Crippen LogP contribution is 2.34. The fourth-order valence-corrected chi connectivity index (χ4v) is 4.46. The molecular weight excluding hydrogens is 461 g/mol. The molecule has 1 nitrogen and oxygen atoms in total. The van der Waals surface area contributed by atoms with Gasteiger partial charge in [-0.15, -0.1) is 0 Å². The molecule has 4 heteroatoms. The monoisotopic (exact) mass is 485 g/mol. The zero-order valence-corrected chi connectivity index (χ0v) is 20.6. The van der Waals surface area contributed by atoms with Crippen molar-refractivity contribution in [3.8, 4) is 33.4 Å². The van der Waals surface area contributed by atoms with E-state index in [2.05, 4.69) is 59.6 Å². The smallest absolute Gasteiger partial charge is 0.133 e. The highest BCUT2D eigenvalue weighted by molar-refractivity contribution is 7.78. The topological polar surface area (TPSA) is 12.4 Å². The number of benzene rings is 4. The molecule has 0 bridgehead atoms. The lowest BCUT2D eigenvalue weighted by molar-refractivity contribution is 0.631. The molecule has 0 aliphatic rings. The molecule has 0 saturated carbocycles. The van der Waals surface area contributed by atoms with Crippen LogP contribution in [0.3, 0.4) is 0 Å². The first-order chi connectivity index (χ1) is 16.6. The SMILES string of the molecule is CCCCCc1ccc(-c2ccc(-c3ccc(-c4ccc(N=C=S)cc4F)cc3)c(Cl)c2)cc1. The van der Waals surface area contributed by atoms with Crippen molar-refractivity contribution >= 4 is 34.7 Å². The summed E-state index contributed by atoms with van der Waals surface area (Å²) in [5.41, 5.74) is 7.28. The van der Waals surface area contributed by atoms with Crippen LogP contribution in [-0.4, -0.2) is 5.16 Å². The van der Waals surface area contributed by atoms with Gasteiger partial charge >= 0.3 is 0 Å². The number of rotatable bonds is 8. The number of unbranched alkanes of at least 4 members (excludes halogenated alkanes) is 2. The quantitative estimate of drug-likeness (QED) is 0.137. The van der Waals surface area contributed by atoms with Crippen molar-refractivity contribution in [2.45, 2.75) is 32.6 Å². The van der Waals surface area contributed by atoms with Crippen LogP contribution in [0, 0.1) is 5.82 Å². The van der Waals surface area contributed by atoms with Crippen LogP contribution >= 0.6 is 23.8 Å². The Morgan fingerprint density at radius 3 is 2.00 bits per heavy atom. The van der Waals surface area contributed by atoms with Gasteiger partial charge in [0.1, 0.15) is 5.82 Å². The van der Waals surface area contributed by atoms with E-state index in [-0.39, 0.29) is 5.82 Å². The van der Waals surface area contributed by atoms with Gasteiger partial charge in [0.05, 0.1) is 10.8 Å². The first-order valence-corrected chi connectivity index (χ1v) is 12.2. The van der Waals surface area contributed by atoms with Gasteiger partial charge in [0.25, 0.3) is 0 Å². The molecular formula is C30H25ClFNS. The maximum absolute atomic E-state index is 14.5. The molecule has 0 unspecified atom stereocenters. The van der Waals surface area contributed by atoms with Gasteiger partial charge in [-0.05, 0) is 71.1 Å². The Bertz CT molecular complexity index is 1320. The number of thiocarbonyl (C=S) groups is 1. The minimum Gasteiger partial charge on any atom is -0.206 e. The highest BCUT2D eigenvalue weighted by atomic mass is 35.5. The molecule has 0 saturated heterocycles. The van der Waals surface area contributed by atoms with Crippen molar-refractivity contribution < 1.29 is 4.39 Å². The van der Waals surface area contributed by atoms with Gasteiger partial charge in [-0.2, -0.15) is 4.99 Å². The second-order valence-electron chi connectivity index (χ2n) is 8.29. The van der Waals surface area contributed by atoms with Crippen LogP contribution < -0.4 is 0 Å². The number of hydrogen-bond donors (Lipinski definition) is 0. The zero-order chi connectivity index (χ0) is 23.9. The van der Waals surface area contributed by atoms with Crippen molar-refractivity contribution in [2.75, 3.05) is 0 Å². The minimum atomic E-state index is -0.349. The molecule has 0 aromatic heterocycles. The van der Waals surface area contributed by atoms with E-state index >= 15 is 0 Å². The molecule has 4 aromatic rings. The minimum absolute atomic E-state index is 0.349. The van der Waals surface area contributed by atoms with Crippen LogP contribution in [-0.2, 0) is 6.42 Å². The predicted octanol–water partition coefficient (Wildman–Crippen LogP) is 9.95. The third-order valence-corrected chi connectivity index (χ3v) is 6.36. The van der Waals surface area contributed by atoms with Crippen molar-refractivity contribution in [1.82, 2.24) is 0 Å². The number of nitrogens with zero attached hydrogens (tertiary/aromatic N) is 1. The first kappa shape index (κ1) is 24.0. The molecule has 0 amide bonds. The van der Waals surface area contributed by atoms with Crippen molar-refractivity contribution in [3.63, 3.8) is 0 Å². The Morgan fingerprint density at radius 1 is 0.765 bits per heavy atom. The van der Waals surface area contributed by atoms with Gasteiger partial charge in [-0.1, -0.05) is 92.0 Å². The van der Waals surface area contributed by atoms with E-state index in [0.717, 1.165) is 34.2 Å². The molecule has 4 aromatic carbocycles. The normalized spacial score (nSPS) is 10.7. The molecule has 0 fully saturated rings. The van der Waals surface area contributed by atoms with Crippen LogP contribution in [0.4, 0.5) is 10.1 Å². The van der Waals surface area contributed by atoms with E-state index in [9.17, 15) is 4.39 Å². The van der Waals surface area contributed by atoms with Crippen molar-refractivity contribution in [1.29, 1.82) is 0 Å². The molecule has 4 rings (SSSR count). The maximum Gasteiger partial charge on any atom is 0.133 e. The van der Waals surface area contributed by atoms with E-state index in [1.807, 2.05) is 36.4 Å². The largest absolute Gasteiger partial charge is 0.206 e. The first-order valence-electron chi connectivity index (χ1n) is 11.5. The van der Waals surface area contributed by atoms with Crippen LogP contribution in [0.25, 0.3) is 33.4 Å². The number of isothiocyanates is 1. The summed E-state index contributed by atoms with van der Waals surface area (Å²) in [5.74, 6) is -0.349. The van der Waals surface area contributed by atoms with Crippen LogP contribution in [0.15, 0.2) is 89.9 Å². The summed E-state index contributed by atoms with van der Waals surface area (Å²) in [6.07, 6.45) is 4.86. The Labute approximate surface area is 211 Å². The van der Waals surface area contributed by atoms with Gasteiger partial charge in [-0.25, -0.2) is 4.39 Å². The van der Waals surface area contributed by atoms with Gasteiger partial charge in [0.2, 0.25) is 0 Å². The fraction of sp³-hybridized carbons (Fsp3) is 0.167. The summed E-state index contributed by atoms with van der Waals surface area (Å²) >= 11 is 11.3. The molecule has 0 heterocycles. The number of aryl methyl sites for hydroxylation is 1. The molecule has 0 N–H and O–H groups in total. The van der Waals surface area contributed by atoms with E-state index in [0.29, 0.717) is 16.3 Å². The Morgan fingerprint density at radius 2 is 1.38 bits per heavy atom. The summed E-state index contributed by atoms with van der Waals surface area (Å²) < 4.78 is 14.5. The average Bonchev–Trinajstić information content (AvgIpc) is 2.85. The molecule has 0 aliphatic heterocycles. The van der Waals surface area contributed by atoms with Gasteiger partial charge in [0.15, 0.2) is 0 Å².